The van der Waals surface area contributed by atoms with Crippen LogP contribution >= 0.6 is 0 Å². The lowest BCUT2D eigenvalue weighted by atomic mass is 10.3. The van der Waals surface area contributed by atoms with Crippen LogP contribution in [0, 0.1) is 5.95 Å². The molecule has 0 bridgehead atoms. The van der Waals surface area contributed by atoms with E-state index >= 15 is 0 Å². The number of halogens is 1. The number of H-pyrrole nitrogens is 1. The summed E-state index contributed by atoms with van der Waals surface area (Å²) in [4.78, 5) is 0. The Morgan fingerprint density at radius 1 is 1.36 bits per heavy atom. The maximum atomic E-state index is 12.6. The van der Waals surface area contributed by atoms with E-state index in [2.05, 4.69) is 31.2 Å². The van der Waals surface area contributed by atoms with Gasteiger partial charge in [-0.05, 0) is 10.4 Å². The minimum atomic E-state index is -0.653. The quantitative estimate of drug-likeness (QED) is 0.614. The monoisotopic (exact) mass is 153 g/mol. The molecule has 1 radical (unpaired) electrons. The number of aromatic amines is 1. The van der Waals surface area contributed by atoms with Gasteiger partial charge in [-0.3, -0.25) is 5.10 Å². The van der Waals surface area contributed by atoms with Gasteiger partial charge >= 0.3 is 0 Å². The molecule has 7 heteroatoms. The molecule has 55 valence electrons. The minimum absolute atomic E-state index is 0.135. The standard InChI is InChI=1S/C4H2FN6/c5-3-2(1-6-7-3)4-8-10-11-9-4/h1H,(H,6,7). The maximum Gasteiger partial charge on any atom is 0.243 e. The van der Waals surface area contributed by atoms with Crippen LogP contribution in [0.3, 0.4) is 0 Å². The van der Waals surface area contributed by atoms with E-state index in [1.807, 2.05) is 0 Å². The number of hydrogen-bond donors (Lipinski definition) is 1. The summed E-state index contributed by atoms with van der Waals surface area (Å²) in [7, 11) is 0. The fraction of sp³-hybridized carbons (Fsp3) is 0. The van der Waals surface area contributed by atoms with Crippen LogP contribution in [-0.2, 0) is 0 Å². The van der Waals surface area contributed by atoms with E-state index in [1.165, 1.54) is 6.20 Å². The van der Waals surface area contributed by atoms with Crippen LogP contribution in [0.2, 0.25) is 0 Å². The van der Waals surface area contributed by atoms with Gasteiger partial charge in [0.1, 0.15) is 0 Å². The molecule has 2 rings (SSSR count). The molecule has 0 atom stereocenters. The van der Waals surface area contributed by atoms with Crippen molar-refractivity contribution in [1.82, 2.24) is 15.6 Å². The summed E-state index contributed by atoms with van der Waals surface area (Å²) in [6, 6.07) is 0. The lowest BCUT2D eigenvalue weighted by molar-refractivity contribution is 0.576. The Morgan fingerprint density at radius 3 is 2.82 bits per heavy atom. The molecular weight excluding hydrogens is 151 g/mol. The summed E-state index contributed by atoms with van der Waals surface area (Å²) in [6.45, 7) is 0. The van der Waals surface area contributed by atoms with Crippen LogP contribution in [0.15, 0.2) is 21.7 Å². The van der Waals surface area contributed by atoms with E-state index in [9.17, 15) is 4.39 Å². The molecule has 0 saturated heterocycles. The molecule has 1 aromatic rings. The molecule has 0 amide bonds. The summed E-state index contributed by atoms with van der Waals surface area (Å²) < 4.78 is 12.6. The molecule has 0 aliphatic carbocycles. The molecule has 2 heterocycles. The fourth-order valence-corrected chi connectivity index (χ4v) is 0.683. The van der Waals surface area contributed by atoms with Crippen LogP contribution in [-0.4, -0.2) is 16.0 Å². The van der Waals surface area contributed by atoms with Gasteiger partial charge in [-0.25, -0.2) is 0 Å². The van der Waals surface area contributed by atoms with Gasteiger partial charge in [-0.15, -0.1) is 15.6 Å². The van der Waals surface area contributed by atoms with Crippen molar-refractivity contribution in [2.45, 2.75) is 0 Å². The molecule has 6 nitrogen and oxygen atoms in total. The number of rotatable bonds is 1. The van der Waals surface area contributed by atoms with Crippen LogP contribution < -0.4 is 5.43 Å². The number of nitrogens with zero attached hydrogens (tertiary/aromatic N) is 5. The highest BCUT2D eigenvalue weighted by Crippen LogP contribution is 2.06. The first-order chi connectivity index (χ1) is 5.38. The Labute approximate surface area is 60.2 Å². The predicted molar refractivity (Wildman–Crippen MR) is 32.1 cm³/mol. The van der Waals surface area contributed by atoms with Gasteiger partial charge in [0.2, 0.25) is 11.8 Å². The highest BCUT2D eigenvalue weighted by atomic mass is 19.1. The summed E-state index contributed by atoms with van der Waals surface area (Å²) >= 11 is 0. The average molecular weight is 153 g/mol. The van der Waals surface area contributed by atoms with Crippen molar-refractivity contribution in [3.05, 3.63) is 17.7 Å². The molecular formula is C4H2FN6. The topological polar surface area (TPSA) is 79.9 Å². The van der Waals surface area contributed by atoms with E-state index in [-0.39, 0.29) is 11.4 Å². The first kappa shape index (κ1) is 5.96. The highest BCUT2D eigenvalue weighted by Gasteiger charge is 2.15. The van der Waals surface area contributed by atoms with Crippen molar-refractivity contribution in [3.63, 3.8) is 0 Å². The van der Waals surface area contributed by atoms with E-state index in [4.69, 9.17) is 0 Å². The van der Waals surface area contributed by atoms with Crippen molar-refractivity contribution in [3.8, 4) is 0 Å². The third-order valence-electron chi connectivity index (χ3n) is 1.15. The molecule has 1 aliphatic heterocycles. The number of aromatic nitrogens is 2. The van der Waals surface area contributed by atoms with E-state index < -0.39 is 5.95 Å². The molecule has 0 fully saturated rings. The minimum Gasteiger partial charge on any atom is -0.282 e. The Hall–Kier alpha value is -1.79. The Kier molecular flexibility index (Phi) is 1.14. The lowest BCUT2D eigenvalue weighted by Gasteiger charge is -1.87. The Morgan fingerprint density at radius 2 is 2.27 bits per heavy atom. The predicted octanol–water partition coefficient (Wildman–Crippen LogP) is 0.196. The van der Waals surface area contributed by atoms with Crippen molar-refractivity contribution in [2.75, 3.05) is 0 Å². The molecule has 0 saturated carbocycles. The smallest absolute Gasteiger partial charge is 0.243 e. The van der Waals surface area contributed by atoms with Crippen LogP contribution in [0.4, 0.5) is 4.39 Å². The van der Waals surface area contributed by atoms with Crippen molar-refractivity contribution < 1.29 is 4.39 Å². The second kappa shape index (κ2) is 2.11. The Bertz CT molecular complexity index is 325. The largest absolute Gasteiger partial charge is 0.282 e. The van der Waals surface area contributed by atoms with Gasteiger partial charge in [0.05, 0.1) is 5.56 Å². The fourth-order valence-electron chi connectivity index (χ4n) is 0.683. The zero-order valence-electron chi connectivity index (χ0n) is 5.19. The Balaban J connectivity index is 2.37. The van der Waals surface area contributed by atoms with Gasteiger partial charge in [0, 0.05) is 6.20 Å². The summed E-state index contributed by atoms with van der Waals surface area (Å²) in [6.07, 6.45) is 1.34. The molecule has 1 aliphatic rings. The van der Waals surface area contributed by atoms with Gasteiger partial charge in [0.25, 0.3) is 0 Å². The third-order valence-corrected chi connectivity index (χ3v) is 1.15. The first-order valence-corrected chi connectivity index (χ1v) is 2.76. The summed E-state index contributed by atoms with van der Waals surface area (Å²) in [5, 5.41) is 15.4. The molecule has 0 unspecified atom stereocenters. The molecule has 11 heavy (non-hydrogen) atoms. The summed E-state index contributed by atoms with van der Waals surface area (Å²) in [5.41, 5.74) is 3.62. The molecule has 0 aromatic carbocycles. The summed E-state index contributed by atoms with van der Waals surface area (Å²) in [5.74, 6) is -0.518. The molecule has 0 spiro atoms. The van der Waals surface area contributed by atoms with Gasteiger partial charge in [-0.2, -0.15) is 4.39 Å². The van der Waals surface area contributed by atoms with E-state index in [1.54, 1.807) is 0 Å². The molecule has 1 aromatic heterocycles. The van der Waals surface area contributed by atoms with E-state index in [0.29, 0.717) is 0 Å². The number of amidine groups is 1. The van der Waals surface area contributed by atoms with Crippen molar-refractivity contribution in [2.24, 2.45) is 15.5 Å². The van der Waals surface area contributed by atoms with Crippen LogP contribution in [0.5, 0.6) is 0 Å². The van der Waals surface area contributed by atoms with Gasteiger partial charge < -0.3 is 0 Å². The van der Waals surface area contributed by atoms with Crippen LogP contribution in [0.1, 0.15) is 5.56 Å². The average Bonchev–Trinajstić information content (AvgIpc) is 2.55. The van der Waals surface area contributed by atoms with Gasteiger partial charge in [0.15, 0.2) is 0 Å². The van der Waals surface area contributed by atoms with Gasteiger partial charge in [-0.1, -0.05) is 0 Å². The highest BCUT2D eigenvalue weighted by molar-refractivity contribution is 5.98. The lowest BCUT2D eigenvalue weighted by Crippen LogP contribution is -2.08. The molecule has 1 N–H and O–H groups in total. The SMILES string of the molecule is Fc1n[nH]cc1C1=NN=N[N]1. The number of nitrogens with one attached hydrogen (secondary N) is 1. The zero-order valence-corrected chi connectivity index (χ0v) is 5.19. The second-order valence-corrected chi connectivity index (χ2v) is 1.79. The third kappa shape index (κ3) is 0.858. The van der Waals surface area contributed by atoms with Crippen molar-refractivity contribution in [1.29, 1.82) is 0 Å². The first-order valence-electron chi connectivity index (χ1n) is 2.76. The normalized spacial score (nSPS) is 14.8. The van der Waals surface area contributed by atoms with Crippen LogP contribution in [0.25, 0.3) is 0 Å². The van der Waals surface area contributed by atoms with Crippen molar-refractivity contribution >= 4 is 5.84 Å². The second-order valence-electron chi connectivity index (χ2n) is 1.79. The zero-order chi connectivity index (χ0) is 7.68. The number of hydrogen-bond acceptors (Lipinski definition) is 4. The maximum absolute atomic E-state index is 12.6. The van der Waals surface area contributed by atoms with E-state index in [0.717, 1.165) is 0 Å².